The summed E-state index contributed by atoms with van der Waals surface area (Å²) in [6, 6.07) is 22.6. The van der Waals surface area contributed by atoms with Crippen LogP contribution in [-0.4, -0.2) is 10.7 Å². The van der Waals surface area contributed by atoms with E-state index < -0.39 is 0 Å². The maximum absolute atomic E-state index is 6.10. The Balaban J connectivity index is 1.53. The summed E-state index contributed by atoms with van der Waals surface area (Å²) in [4.78, 5) is 6.10. The van der Waals surface area contributed by atoms with Gasteiger partial charge in [-0.1, -0.05) is 60.1 Å². The number of hydrogen-bond donors (Lipinski definition) is 0. The number of thiophene rings is 1. The van der Waals surface area contributed by atoms with E-state index >= 15 is 0 Å². The Bertz CT molecular complexity index is 1100. The molecule has 0 unspecified atom stereocenters. The van der Waals surface area contributed by atoms with Crippen molar-refractivity contribution in [2.75, 3.05) is 5.01 Å². The fraction of sp³-hybridized carbons (Fsp3) is 0.0909. The van der Waals surface area contributed by atoms with Crippen LogP contribution in [0.3, 0.4) is 0 Å². The molecule has 4 aromatic rings. The van der Waals surface area contributed by atoms with Crippen LogP contribution in [0, 0.1) is 0 Å². The van der Waals surface area contributed by atoms with Gasteiger partial charge in [0.05, 0.1) is 22.3 Å². The van der Waals surface area contributed by atoms with Crippen molar-refractivity contribution in [2.45, 2.75) is 12.5 Å². The fourth-order valence-electron chi connectivity index (χ4n) is 3.33. The molecule has 0 N–H and O–H groups in total. The lowest BCUT2D eigenvalue weighted by Crippen LogP contribution is -2.18. The van der Waals surface area contributed by atoms with Crippen LogP contribution in [0.25, 0.3) is 11.3 Å². The van der Waals surface area contributed by atoms with Crippen LogP contribution in [0.1, 0.15) is 22.9 Å². The van der Waals surface area contributed by atoms with Crippen LogP contribution in [-0.2, 0) is 0 Å². The van der Waals surface area contributed by atoms with Crippen molar-refractivity contribution >= 4 is 45.1 Å². The Morgan fingerprint density at radius 3 is 2.50 bits per heavy atom. The van der Waals surface area contributed by atoms with E-state index in [-0.39, 0.29) is 6.04 Å². The number of nitrogens with zero attached hydrogens (tertiary/aromatic N) is 3. The van der Waals surface area contributed by atoms with E-state index in [1.807, 2.05) is 30.3 Å². The molecule has 1 atom stereocenters. The quantitative estimate of drug-likeness (QED) is 0.359. The molecule has 0 fully saturated rings. The van der Waals surface area contributed by atoms with Crippen molar-refractivity contribution in [2.24, 2.45) is 5.10 Å². The van der Waals surface area contributed by atoms with Gasteiger partial charge < -0.3 is 0 Å². The van der Waals surface area contributed by atoms with Gasteiger partial charge in [0.2, 0.25) is 5.13 Å². The molecule has 6 heteroatoms. The third kappa shape index (κ3) is 3.37. The van der Waals surface area contributed by atoms with Crippen molar-refractivity contribution in [3.8, 4) is 11.3 Å². The maximum Gasteiger partial charge on any atom is 0.207 e. The molecule has 0 aliphatic carbocycles. The number of aromatic nitrogens is 1. The monoisotopic (exact) mass is 421 g/mol. The van der Waals surface area contributed by atoms with E-state index in [2.05, 4.69) is 52.2 Å². The molecule has 3 heterocycles. The Morgan fingerprint density at radius 2 is 1.75 bits per heavy atom. The van der Waals surface area contributed by atoms with Crippen molar-refractivity contribution in [1.82, 2.24) is 4.98 Å². The second-order valence-electron chi connectivity index (χ2n) is 6.52. The predicted molar refractivity (Wildman–Crippen MR) is 120 cm³/mol. The molecule has 138 valence electrons. The fourth-order valence-corrected chi connectivity index (χ4v) is 5.01. The Morgan fingerprint density at radius 1 is 0.929 bits per heavy atom. The molecule has 0 saturated heterocycles. The highest BCUT2D eigenvalue weighted by atomic mass is 35.5. The Hall–Kier alpha value is -2.47. The first kappa shape index (κ1) is 17.6. The minimum atomic E-state index is 0.115. The zero-order valence-corrected chi connectivity index (χ0v) is 17.2. The summed E-state index contributed by atoms with van der Waals surface area (Å²) in [7, 11) is 0. The van der Waals surface area contributed by atoms with Gasteiger partial charge in [-0.3, -0.25) is 0 Å². The Kier molecular flexibility index (Phi) is 4.72. The highest BCUT2D eigenvalue weighted by molar-refractivity contribution is 7.14. The standard InChI is InChI=1S/C22H16ClN3S2/c23-17-10-8-16(9-11-17)20-13-18(21-7-4-12-27-21)25-26(20)22-24-19(14-28-22)15-5-2-1-3-6-15/h1-12,14,20H,13H2/t20-/m1/s1. The molecular formula is C22H16ClN3S2. The summed E-state index contributed by atoms with van der Waals surface area (Å²) < 4.78 is 0. The van der Waals surface area contributed by atoms with Crippen LogP contribution in [0.5, 0.6) is 0 Å². The first-order valence-electron chi connectivity index (χ1n) is 8.95. The van der Waals surface area contributed by atoms with E-state index in [1.165, 1.54) is 10.4 Å². The van der Waals surface area contributed by atoms with Gasteiger partial charge in [0.1, 0.15) is 0 Å². The average Bonchev–Trinajstić information content (AvgIpc) is 3.48. The van der Waals surface area contributed by atoms with E-state index in [1.54, 1.807) is 22.7 Å². The smallest absolute Gasteiger partial charge is 0.207 e. The zero-order chi connectivity index (χ0) is 18.9. The number of benzene rings is 2. The van der Waals surface area contributed by atoms with Gasteiger partial charge in [-0.05, 0) is 29.1 Å². The van der Waals surface area contributed by atoms with Crippen molar-refractivity contribution in [3.05, 3.63) is 93.0 Å². The van der Waals surface area contributed by atoms with Crippen LogP contribution in [0.15, 0.2) is 82.6 Å². The number of halogens is 1. The van der Waals surface area contributed by atoms with Crippen LogP contribution in [0.2, 0.25) is 5.02 Å². The number of anilines is 1. The molecule has 3 nitrogen and oxygen atoms in total. The summed E-state index contributed by atoms with van der Waals surface area (Å²) in [6.45, 7) is 0. The second kappa shape index (κ2) is 7.51. The van der Waals surface area contributed by atoms with Gasteiger partial charge in [-0.2, -0.15) is 5.10 Å². The SMILES string of the molecule is Clc1ccc([C@H]2CC(c3cccs3)=NN2c2nc(-c3ccccc3)cs2)cc1. The summed E-state index contributed by atoms with van der Waals surface area (Å²) in [5.74, 6) is 0. The van der Waals surface area contributed by atoms with Gasteiger partial charge in [-0.15, -0.1) is 22.7 Å². The lowest BCUT2D eigenvalue weighted by atomic mass is 10.0. The molecule has 5 rings (SSSR count). The Labute approximate surface area is 176 Å². The molecular weight excluding hydrogens is 406 g/mol. The topological polar surface area (TPSA) is 28.5 Å². The lowest BCUT2D eigenvalue weighted by molar-refractivity contribution is 0.706. The van der Waals surface area contributed by atoms with Gasteiger partial charge in [0, 0.05) is 22.4 Å². The third-order valence-corrected chi connectivity index (χ3v) is 6.73. The number of hydrazone groups is 1. The van der Waals surface area contributed by atoms with Gasteiger partial charge in [-0.25, -0.2) is 9.99 Å². The summed E-state index contributed by atoms with van der Waals surface area (Å²) >= 11 is 9.45. The van der Waals surface area contributed by atoms with Gasteiger partial charge >= 0.3 is 0 Å². The normalized spacial score (nSPS) is 16.4. The van der Waals surface area contributed by atoms with E-state index in [0.29, 0.717) is 0 Å². The number of thiazole rings is 1. The first-order chi connectivity index (χ1) is 13.8. The summed E-state index contributed by atoms with van der Waals surface area (Å²) in [5, 5.41) is 12.9. The van der Waals surface area contributed by atoms with E-state index in [0.717, 1.165) is 33.5 Å². The summed E-state index contributed by atoms with van der Waals surface area (Å²) in [5.41, 5.74) is 4.40. The van der Waals surface area contributed by atoms with Gasteiger partial charge in [0.25, 0.3) is 0 Å². The zero-order valence-electron chi connectivity index (χ0n) is 14.8. The average molecular weight is 422 g/mol. The third-order valence-electron chi connectivity index (χ3n) is 4.73. The molecule has 0 bridgehead atoms. The van der Waals surface area contributed by atoms with Crippen LogP contribution in [0.4, 0.5) is 5.13 Å². The van der Waals surface area contributed by atoms with Crippen molar-refractivity contribution < 1.29 is 0 Å². The van der Waals surface area contributed by atoms with E-state index in [9.17, 15) is 0 Å². The minimum Gasteiger partial charge on any atom is -0.231 e. The summed E-state index contributed by atoms with van der Waals surface area (Å²) in [6.07, 6.45) is 0.850. The minimum absolute atomic E-state index is 0.115. The molecule has 28 heavy (non-hydrogen) atoms. The largest absolute Gasteiger partial charge is 0.231 e. The molecule has 1 aliphatic heterocycles. The molecule has 0 radical (unpaired) electrons. The lowest BCUT2D eigenvalue weighted by Gasteiger charge is -2.21. The number of hydrogen-bond acceptors (Lipinski definition) is 5. The molecule has 0 spiro atoms. The predicted octanol–water partition coefficient (Wildman–Crippen LogP) is 6.88. The maximum atomic E-state index is 6.10. The molecule has 2 aromatic heterocycles. The molecule has 0 saturated carbocycles. The second-order valence-corrected chi connectivity index (χ2v) is 8.74. The highest BCUT2D eigenvalue weighted by Crippen LogP contribution is 2.40. The highest BCUT2D eigenvalue weighted by Gasteiger charge is 2.32. The van der Waals surface area contributed by atoms with Crippen LogP contribution >= 0.6 is 34.3 Å². The number of rotatable bonds is 4. The molecule has 1 aliphatic rings. The van der Waals surface area contributed by atoms with Crippen molar-refractivity contribution in [3.63, 3.8) is 0 Å². The van der Waals surface area contributed by atoms with Gasteiger partial charge in [0.15, 0.2) is 0 Å². The molecule has 0 amide bonds. The van der Waals surface area contributed by atoms with Crippen LogP contribution < -0.4 is 5.01 Å². The first-order valence-corrected chi connectivity index (χ1v) is 11.1. The van der Waals surface area contributed by atoms with E-state index in [4.69, 9.17) is 21.7 Å². The van der Waals surface area contributed by atoms with Crippen molar-refractivity contribution in [1.29, 1.82) is 0 Å². The molecule has 2 aromatic carbocycles.